The molecule has 3 rings (SSSR count). The summed E-state index contributed by atoms with van der Waals surface area (Å²) in [7, 11) is 1.56. The van der Waals surface area contributed by atoms with E-state index < -0.39 is 11.9 Å². The fourth-order valence-electron chi connectivity index (χ4n) is 2.30. The Morgan fingerprint density at radius 3 is 2.54 bits per heavy atom. The molecule has 2 aromatic heterocycles. The molecule has 0 radical (unpaired) electrons. The van der Waals surface area contributed by atoms with Crippen LogP contribution in [-0.4, -0.2) is 23.0 Å². The van der Waals surface area contributed by atoms with Crippen molar-refractivity contribution in [1.29, 1.82) is 0 Å². The third-order valence-electron chi connectivity index (χ3n) is 3.77. The van der Waals surface area contributed by atoms with Crippen LogP contribution in [0.4, 0.5) is 13.2 Å². The van der Waals surface area contributed by atoms with Crippen molar-refractivity contribution in [3.05, 3.63) is 58.0 Å². The van der Waals surface area contributed by atoms with Gasteiger partial charge in [0.05, 0.1) is 19.3 Å². The number of halogens is 3. The molecule has 0 saturated carbocycles. The summed E-state index contributed by atoms with van der Waals surface area (Å²) in [5.41, 5.74) is 1.19. The minimum Gasteiger partial charge on any atom is -0.439 e. The average Bonchev–Trinajstić information content (AvgIpc) is 3.32. The van der Waals surface area contributed by atoms with Gasteiger partial charge in [-0.05, 0) is 6.92 Å². The molecule has 0 amide bonds. The number of guanidine groups is 1. The fourth-order valence-corrected chi connectivity index (χ4v) is 3.05. The molecule has 0 unspecified atom stereocenters. The Balaban J connectivity index is 1.53. The molecule has 0 bridgehead atoms. The summed E-state index contributed by atoms with van der Waals surface area (Å²) in [5.74, 6) is 1.52. The van der Waals surface area contributed by atoms with Gasteiger partial charge in [-0.25, -0.2) is 9.97 Å². The minimum atomic E-state index is -4.44. The fraction of sp³-hybridized carbons (Fsp3) is 0.278. The van der Waals surface area contributed by atoms with Crippen molar-refractivity contribution in [3.63, 3.8) is 0 Å². The zero-order valence-corrected chi connectivity index (χ0v) is 16.0. The van der Waals surface area contributed by atoms with Crippen LogP contribution in [0.15, 0.2) is 45.3 Å². The second-order valence-corrected chi connectivity index (χ2v) is 6.83. The first-order valence-corrected chi connectivity index (χ1v) is 9.21. The van der Waals surface area contributed by atoms with Crippen LogP contribution in [0.2, 0.25) is 0 Å². The Kier molecular flexibility index (Phi) is 5.98. The van der Waals surface area contributed by atoms with Crippen LogP contribution in [0.3, 0.4) is 0 Å². The number of hydrogen-bond acceptors (Lipinski definition) is 5. The van der Waals surface area contributed by atoms with Gasteiger partial charge in [-0.3, -0.25) is 4.99 Å². The van der Waals surface area contributed by atoms with Crippen LogP contribution >= 0.6 is 11.3 Å². The van der Waals surface area contributed by atoms with E-state index in [2.05, 4.69) is 25.6 Å². The van der Waals surface area contributed by atoms with Gasteiger partial charge in [0.15, 0.2) is 17.4 Å². The lowest BCUT2D eigenvalue weighted by molar-refractivity contribution is -0.140. The minimum absolute atomic E-state index is 0.126. The standard InChI is InChI=1S/C18H18F3N5OS/c1-11-3-5-12(6-4-11)13-7-23-15(27-13)8-24-17(22-2)25-9-16-26-14(10-28-16)18(19,20)21/h3-7,10H,8-9H2,1-2H3,(H2,22,24,25). The molecule has 0 atom stereocenters. The van der Waals surface area contributed by atoms with Crippen LogP contribution < -0.4 is 10.6 Å². The number of aryl methyl sites for hydroxylation is 1. The zero-order valence-electron chi connectivity index (χ0n) is 15.2. The van der Waals surface area contributed by atoms with Gasteiger partial charge in [-0.1, -0.05) is 29.8 Å². The van der Waals surface area contributed by atoms with E-state index >= 15 is 0 Å². The molecule has 28 heavy (non-hydrogen) atoms. The maximum Gasteiger partial charge on any atom is 0.434 e. The Hall–Kier alpha value is -2.88. The van der Waals surface area contributed by atoms with Crippen LogP contribution in [0.1, 0.15) is 22.2 Å². The highest BCUT2D eigenvalue weighted by atomic mass is 32.1. The van der Waals surface area contributed by atoms with E-state index in [0.717, 1.165) is 27.8 Å². The molecule has 1 aromatic carbocycles. The van der Waals surface area contributed by atoms with E-state index in [1.165, 1.54) is 0 Å². The lowest BCUT2D eigenvalue weighted by atomic mass is 10.1. The first-order chi connectivity index (χ1) is 13.3. The summed E-state index contributed by atoms with van der Waals surface area (Å²) < 4.78 is 43.5. The third kappa shape index (κ3) is 5.10. The normalized spacial score (nSPS) is 12.2. The lowest BCUT2D eigenvalue weighted by Gasteiger charge is -2.09. The molecule has 0 aliphatic rings. The molecule has 0 saturated heterocycles. The number of hydrogen-bond donors (Lipinski definition) is 2. The van der Waals surface area contributed by atoms with E-state index in [0.29, 0.717) is 22.6 Å². The van der Waals surface area contributed by atoms with Crippen molar-refractivity contribution in [3.8, 4) is 11.3 Å². The van der Waals surface area contributed by atoms with Crippen molar-refractivity contribution in [2.75, 3.05) is 7.05 Å². The maximum atomic E-state index is 12.6. The highest BCUT2D eigenvalue weighted by molar-refractivity contribution is 7.09. The summed E-state index contributed by atoms with van der Waals surface area (Å²) >= 11 is 0.938. The second kappa shape index (κ2) is 8.42. The van der Waals surface area contributed by atoms with E-state index in [4.69, 9.17) is 4.42 Å². The van der Waals surface area contributed by atoms with E-state index in [9.17, 15) is 13.2 Å². The zero-order chi connectivity index (χ0) is 20.1. The van der Waals surface area contributed by atoms with Crippen LogP contribution in [0.5, 0.6) is 0 Å². The molecule has 0 aliphatic carbocycles. The number of oxazole rings is 1. The van der Waals surface area contributed by atoms with Crippen molar-refractivity contribution >= 4 is 17.3 Å². The average molecular weight is 409 g/mol. The summed E-state index contributed by atoms with van der Waals surface area (Å²) in [6, 6.07) is 7.89. The number of aliphatic imine (C=N–C) groups is 1. The summed E-state index contributed by atoms with van der Waals surface area (Å²) in [6.45, 7) is 2.41. The lowest BCUT2D eigenvalue weighted by Crippen LogP contribution is -2.36. The van der Waals surface area contributed by atoms with Gasteiger partial charge in [0.25, 0.3) is 0 Å². The summed E-state index contributed by atoms with van der Waals surface area (Å²) in [4.78, 5) is 11.8. The Morgan fingerprint density at radius 1 is 1.18 bits per heavy atom. The van der Waals surface area contributed by atoms with Gasteiger partial charge in [-0.2, -0.15) is 13.2 Å². The molecule has 6 nitrogen and oxygen atoms in total. The molecule has 2 N–H and O–H groups in total. The molecule has 0 aliphatic heterocycles. The molecular formula is C18H18F3N5OS. The van der Waals surface area contributed by atoms with Gasteiger partial charge >= 0.3 is 6.18 Å². The topological polar surface area (TPSA) is 75.3 Å². The highest BCUT2D eigenvalue weighted by Crippen LogP contribution is 2.29. The third-order valence-corrected chi connectivity index (χ3v) is 4.62. The van der Waals surface area contributed by atoms with E-state index in [1.54, 1.807) is 13.2 Å². The van der Waals surface area contributed by atoms with Gasteiger partial charge in [0.2, 0.25) is 5.89 Å². The molecule has 0 fully saturated rings. The highest BCUT2D eigenvalue weighted by Gasteiger charge is 2.33. The van der Waals surface area contributed by atoms with Gasteiger partial charge in [0, 0.05) is 18.0 Å². The molecule has 2 heterocycles. The maximum absolute atomic E-state index is 12.6. The number of benzene rings is 1. The van der Waals surface area contributed by atoms with E-state index in [1.807, 2.05) is 31.2 Å². The molecule has 3 aromatic rings. The van der Waals surface area contributed by atoms with Crippen molar-refractivity contribution in [2.24, 2.45) is 4.99 Å². The number of nitrogens with zero attached hydrogens (tertiary/aromatic N) is 3. The molecule has 0 spiro atoms. The smallest absolute Gasteiger partial charge is 0.434 e. The van der Waals surface area contributed by atoms with Crippen LogP contribution in [-0.2, 0) is 19.3 Å². The second-order valence-electron chi connectivity index (χ2n) is 5.89. The number of alkyl halides is 3. The Bertz CT molecular complexity index is 947. The van der Waals surface area contributed by atoms with Crippen molar-refractivity contribution in [1.82, 2.24) is 20.6 Å². The SMILES string of the molecule is CN=C(NCc1ncc(-c2ccc(C)cc2)o1)NCc1nc(C(F)(F)F)cs1. The van der Waals surface area contributed by atoms with Gasteiger partial charge < -0.3 is 15.1 Å². The first kappa shape index (κ1) is 19.9. The molecule has 10 heteroatoms. The van der Waals surface area contributed by atoms with E-state index in [-0.39, 0.29) is 13.1 Å². The quantitative estimate of drug-likeness (QED) is 0.492. The van der Waals surface area contributed by atoms with Crippen molar-refractivity contribution in [2.45, 2.75) is 26.2 Å². The molecule has 148 valence electrons. The van der Waals surface area contributed by atoms with Gasteiger partial charge in [0.1, 0.15) is 5.01 Å². The van der Waals surface area contributed by atoms with Crippen molar-refractivity contribution < 1.29 is 17.6 Å². The Labute approximate surface area is 163 Å². The number of rotatable bonds is 5. The first-order valence-electron chi connectivity index (χ1n) is 8.33. The number of aromatic nitrogens is 2. The summed E-state index contributed by atoms with van der Waals surface area (Å²) in [6.07, 6.45) is -2.79. The number of thiazole rings is 1. The summed E-state index contributed by atoms with van der Waals surface area (Å²) in [5, 5.41) is 7.23. The van der Waals surface area contributed by atoms with Crippen LogP contribution in [0, 0.1) is 6.92 Å². The van der Waals surface area contributed by atoms with Gasteiger partial charge in [-0.15, -0.1) is 11.3 Å². The predicted molar refractivity (Wildman–Crippen MR) is 101 cm³/mol. The molecular weight excluding hydrogens is 391 g/mol. The predicted octanol–water partition coefficient (Wildman–Crippen LogP) is 3.99. The van der Waals surface area contributed by atoms with Crippen LogP contribution in [0.25, 0.3) is 11.3 Å². The largest absolute Gasteiger partial charge is 0.439 e. The monoisotopic (exact) mass is 409 g/mol. The number of nitrogens with one attached hydrogen (secondary N) is 2. The Morgan fingerprint density at radius 2 is 1.89 bits per heavy atom.